The van der Waals surface area contributed by atoms with E-state index >= 15 is 0 Å². The molecule has 0 bridgehead atoms. The van der Waals surface area contributed by atoms with Gasteiger partial charge in [-0.05, 0) is 31.0 Å². The van der Waals surface area contributed by atoms with Crippen LogP contribution in [0, 0.1) is 6.92 Å². The second-order valence-electron chi connectivity index (χ2n) is 7.16. The summed E-state index contributed by atoms with van der Waals surface area (Å²) in [6, 6.07) is 8.69. The van der Waals surface area contributed by atoms with E-state index in [-0.39, 0.29) is 11.9 Å². The molecule has 6 heteroatoms. The van der Waals surface area contributed by atoms with E-state index in [1.165, 1.54) is 11.3 Å². The quantitative estimate of drug-likeness (QED) is 0.814. The molecule has 138 valence electrons. The van der Waals surface area contributed by atoms with Crippen LogP contribution >= 0.6 is 0 Å². The highest BCUT2D eigenvalue weighted by Gasteiger charge is 2.23. The molecule has 0 spiro atoms. The van der Waals surface area contributed by atoms with Crippen LogP contribution in [0.1, 0.15) is 18.4 Å². The van der Waals surface area contributed by atoms with Gasteiger partial charge in [0.25, 0.3) is 0 Å². The van der Waals surface area contributed by atoms with Crippen molar-refractivity contribution in [3.63, 3.8) is 0 Å². The molecule has 0 aromatic heterocycles. The van der Waals surface area contributed by atoms with Crippen LogP contribution in [0.4, 0.5) is 10.1 Å². The highest BCUT2D eigenvalue weighted by molar-refractivity contribution is 5.76. The molecule has 1 amide bonds. The number of nitrogens with zero attached hydrogens (tertiary/aromatic N) is 2. The molecule has 0 radical (unpaired) electrons. The Bertz CT molecular complexity index is 574. The number of benzene rings is 1. The Morgan fingerprint density at radius 2 is 2.12 bits per heavy atom. The minimum Gasteiger partial charge on any atom is -0.369 e. The molecule has 2 fully saturated rings. The van der Waals surface area contributed by atoms with Crippen LogP contribution in [0.3, 0.4) is 0 Å². The molecular formula is C19H29FN4O. The second kappa shape index (κ2) is 8.63. The van der Waals surface area contributed by atoms with Gasteiger partial charge in [-0.2, -0.15) is 0 Å². The van der Waals surface area contributed by atoms with Crippen LogP contribution in [-0.4, -0.2) is 68.8 Å². The number of hydrogen-bond acceptors (Lipinski definition) is 4. The summed E-state index contributed by atoms with van der Waals surface area (Å²) in [5.41, 5.74) is 2.57. The lowest BCUT2D eigenvalue weighted by molar-refractivity contribution is -0.121. The maximum absolute atomic E-state index is 13.1. The van der Waals surface area contributed by atoms with Gasteiger partial charge in [-0.3, -0.25) is 9.69 Å². The molecule has 3 rings (SSSR count). The monoisotopic (exact) mass is 348 g/mol. The molecular weight excluding hydrogens is 319 g/mol. The predicted octanol–water partition coefficient (Wildman–Crippen LogP) is 1.32. The van der Waals surface area contributed by atoms with Gasteiger partial charge in [-0.25, -0.2) is 4.39 Å². The smallest absolute Gasteiger partial charge is 0.221 e. The van der Waals surface area contributed by atoms with E-state index < -0.39 is 6.17 Å². The summed E-state index contributed by atoms with van der Waals surface area (Å²) in [6.45, 7) is 7.80. The van der Waals surface area contributed by atoms with Crippen molar-refractivity contribution in [1.82, 2.24) is 15.5 Å². The average molecular weight is 348 g/mol. The van der Waals surface area contributed by atoms with Crippen LogP contribution in [0.15, 0.2) is 24.3 Å². The van der Waals surface area contributed by atoms with Gasteiger partial charge < -0.3 is 15.5 Å². The number of carbonyl (C=O) groups excluding carboxylic acids is 1. The lowest BCUT2D eigenvalue weighted by Crippen LogP contribution is -2.47. The molecule has 2 aliphatic rings. The lowest BCUT2D eigenvalue weighted by atomic mass is 10.2. The van der Waals surface area contributed by atoms with Crippen molar-refractivity contribution in [2.24, 2.45) is 0 Å². The van der Waals surface area contributed by atoms with Gasteiger partial charge in [0.15, 0.2) is 0 Å². The number of nitrogens with one attached hydrogen (secondary N) is 2. The first-order valence-corrected chi connectivity index (χ1v) is 9.28. The topological polar surface area (TPSA) is 47.6 Å². The Kier molecular flexibility index (Phi) is 6.26. The number of carbonyl (C=O) groups is 1. The Balaban J connectivity index is 1.33. The molecule has 2 heterocycles. The standard InChI is InChI=1S/C19H29FN4O/c1-15-3-2-4-18(11-15)24-9-7-23(8-10-24)6-5-19(25)22-14-17-12-16(20)13-21-17/h2-4,11,16-17,21H,5-10,12-14H2,1H3,(H,22,25)/t16-,17-/m0/s1. The zero-order valence-corrected chi connectivity index (χ0v) is 15.0. The molecule has 1 aromatic carbocycles. The fourth-order valence-corrected chi connectivity index (χ4v) is 3.56. The second-order valence-corrected chi connectivity index (χ2v) is 7.16. The highest BCUT2D eigenvalue weighted by Crippen LogP contribution is 2.17. The number of anilines is 1. The zero-order chi connectivity index (χ0) is 17.6. The van der Waals surface area contributed by atoms with Crippen molar-refractivity contribution in [3.05, 3.63) is 29.8 Å². The molecule has 0 aliphatic carbocycles. The molecule has 25 heavy (non-hydrogen) atoms. The fourth-order valence-electron chi connectivity index (χ4n) is 3.56. The average Bonchev–Trinajstić information content (AvgIpc) is 3.04. The zero-order valence-electron chi connectivity index (χ0n) is 15.0. The summed E-state index contributed by atoms with van der Waals surface area (Å²) in [4.78, 5) is 16.7. The van der Waals surface area contributed by atoms with Crippen LogP contribution in [0.25, 0.3) is 0 Å². The normalized spacial score (nSPS) is 24.5. The molecule has 0 saturated carbocycles. The van der Waals surface area contributed by atoms with E-state index in [9.17, 15) is 9.18 Å². The van der Waals surface area contributed by atoms with Crippen molar-refractivity contribution in [3.8, 4) is 0 Å². The number of alkyl halides is 1. The maximum atomic E-state index is 13.1. The van der Waals surface area contributed by atoms with E-state index in [0.29, 0.717) is 25.9 Å². The number of hydrogen-bond donors (Lipinski definition) is 2. The number of halogens is 1. The fraction of sp³-hybridized carbons (Fsp3) is 0.632. The summed E-state index contributed by atoms with van der Waals surface area (Å²) >= 11 is 0. The van der Waals surface area contributed by atoms with E-state index in [4.69, 9.17) is 0 Å². The Morgan fingerprint density at radius 1 is 1.32 bits per heavy atom. The van der Waals surface area contributed by atoms with E-state index in [2.05, 4.69) is 51.6 Å². The molecule has 0 unspecified atom stereocenters. The summed E-state index contributed by atoms with van der Waals surface area (Å²) in [5, 5.41) is 6.01. The van der Waals surface area contributed by atoms with Crippen LogP contribution in [0.5, 0.6) is 0 Å². The first-order chi connectivity index (χ1) is 12.1. The first-order valence-electron chi connectivity index (χ1n) is 9.28. The Morgan fingerprint density at radius 3 is 2.80 bits per heavy atom. The first kappa shape index (κ1) is 18.1. The molecule has 5 nitrogen and oxygen atoms in total. The minimum atomic E-state index is -0.772. The van der Waals surface area contributed by atoms with E-state index in [0.717, 1.165) is 32.7 Å². The van der Waals surface area contributed by atoms with Crippen molar-refractivity contribution in [1.29, 1.82) is 0 Å². The minimum absolute atomic E-state index is 0.0604. The summed E-state index contributed by atoms with van der Waals surface area (Å²) < 4.78 is 13.1. The predicted molar refractivity (Wildman–Crippen MR) is 98.8 cm³/mol. The van der Waals surface area contributed by atoms with Crippen LogP contribution < -0.4 is 15.5 Å². The van der Waals surface area contributed by atoms with Gasteiger partial charge in [-0.1, -0.05) is 12.1 Å². The van der Waals surface area contributed by atoms with Gasteiger partial charge in [0, 0.05) is 64.0 Å². The van der Waals surface area contributed by atoms with Crippen molar-refractivity contribution >= 4 is 11.6 Å². The van der Waals surface area contributed by atoms with Crippen LogP contribution in [0.2, 0.25) is 0 Å². The summed E-state index contributed by atoms with van der Waals surface area (Å²) in [5.74, 6) is 0.0604. The number of aryl methyl sites for hydroxylation is 1. The highest BCUT2D eigenvalue weighted by atomic mass is 19.1. The van der Waals surface area contributed by atoms with Gasteiger partial charge >= 0.3 is 0 Å². The Labute approximate surface area is 149 Å². The largest absolute Gasteiger partial charge is 0.369 e. The third kappa shape index (κ3) is 5.41. The van der Waals surface area contributed by atoms with E-state index in [1.807, 2.05) is 0 Å². The van der Waals surface area contributed by atoms with Crippen molar-refractivity contribution < 1.29 is 9.18 Å². The van der Waals surface area contributed by atoms with Gasteiger partial charge in [0.2, 0.25) is 5.91 Å². The van der Waals surface area contributed by atoms with Crippen molar-refractivity contribution in [2.75, 3.05) is 50.7 Å². The number of amides is 1. The molecule has 2 atom stereocenters. The van der Waals surface area contributed by atoms with E-state index in [1.54, 1.807) is 0 Å². The SMILES string of the molecule is Cc1cccc(N2CCN(CCC(=O)NC[C@@H]3C[C@H](F)CN3)CC2)c1. The number of piperazine rings is 1. The van der Waals surface area contributed by atoms with Crippen LogP contribution in [-0.2, 0) is 4.79 Å². The molecule has 1 aromatic rings. The van der Waals surface area contributed by atoms with Gasteiger partial charge in [0.1, 0.15) is 6.17 Å². The van der Waals surface area contributed by atoms with Gasteiger partial charge in [-0.15, -0.1) is 0 Å². The molecule has 2 N–H and O–H groups in total. The molecule has 2 saturated heterocycles. The summed E-state index contributed by atoms with van der Waals surface area (Å²) in [6.07, 6.45) is 0.240. The maximum Gasteiger partial charge on any atom is 0.221 e. The number of rotatable bonds is 6. The summed E-state index contributed by atoms with van der Waals surface area (Å²) in [7, 11) is 0. The third-order valence-corrected chi connectivity index (χ3v) is 5.11. The van der Waals surface area contributed by atoms with Crippen molar-refractivity contribution in [2.45, 2.75) is 32.0 Å². The molecule has 2 aliphatic heterocycles. The third-order valence-electron chi connectivity index (χ3n) is 5.11. The lowest BCUT2D eigenvalue weighted by Gasteiger charge is -2.36. The van der Waals surface area contributed by atoms with Gasteiger partial charge in [0.05, 0.1) is 0 Å². The Hall–Kier alpha value is -1.66.